The highest BCUT2D eigenvalue weighted by Gasteiger charge is 2.41. The van der Waals surface area contributed by atoms with Crippen LogP contribution in [0.3, 0.4) is 0 Å². The molecule has 1 aliphatic rings. The van der Waals surface area contributed by atoms with Crippen LogP contribution in [-0.2, 0) is 6.54 Å². The van der Waals surface area contributed by atoms with Crippen molar-refractivity contribution in [2.45, 2.75) is 12.6 Å². The number of para-hydroxylation sites is 2. The molecule has 0 fully saturated rings. The second-order valence-electron chi connectivity index (χ2n) is 5.49. The third-order valence-corrected chi connectivity index (χ3v) is 4.10. The average molecular weight is 321 g/mol. The number of oxazole rings is 2. The summed E-state index contributed by atoms with van der Waals surface area (Å²) in [7, 11) is 0. The van der Waals surface area contributed by atoms with Crippen LogP contribution in [-0.4, -0.2) is 30.7 Å². The van der Waals surface area contributed by atoms with Crippen molar-refractivity contribution >= 4 is 17.0 Å². The number of imidazole rings is 1. The highest BCUT2D eigenvalue weighted by atomic mass is 16.4. The molecule has 4 aromatic rings. The lowest BCUT2D eigenvalue weighted by Crippen LogP contribution is -2.30. The topological polar surface area (TPSA) is 101 Å². The van der Waals surface area contributed by atoms with E-state index in [1.165, 1.54) is 12.6 Å². The summed E-state index contributed by atoms with van der Waals surface area (Å²) in [6, 6.07) is 6.97. The Bertz CT molecular complexity index is 1000. The van der Waals surface area contributed by atoms with Crippen LogP contribution in [0.25, 0.3) is 11.1 Å². The summed E-state index contributed by atoms with van der Waals surface area (Å²) in [6.07, 6.45) is 4.23. The molecule has 0 radical (unpaired) electrons. The van der Waals surface area contributed by atoms with Crippen LogP contribution in [0, 0.1) is 0 Å². The van der Waals surface area contributed by atoms with E-state index in [1.54, 1.807) is 11.2 Å². The number of aromatic nitrogens is 4. The zero-order valence-corrected chi connectivity index (χ0v) is 12.3. The molecule has 4 heterocycles. The maximum atomic E-state index is 12.8. The van der Waals surface area contributed by atoms with Crippen molar-refractivity contribution in [1.82, 2.24) is 24.8 Å². The van der Waals surface area contributed by atoms with Crippen LogP contribution in [0.1, 0.15) is 33.9 Å². The molecule has 1 amide bonds. The van der Waals surface area contributed by atoms with E-state index in [0.717, 1.165) is 16.9 Å². The third-order valence-electron chi connectivity index (χ3n) is 4.10. The highest BCUT2D eigenvalue weighted by Crippen LogP contribution is 2.38. The highest BCUT2D eigenvalue weighted by molar-refractivity contribution is 5.92. The molecule has 0 saturated heterocycles. The van der Waals surface area contributed by atoms with Gasteiger partial charge in [0.2, 0.25) is 11.7 Å². The van der Waals surface area contributed by atoms with E-state index in [4.69, 9.17) is 8.83 Å². The van der Waals surface area contributed by atoms with Crippen molar-refractivity contribution in [2.24, 2.45) is 0 Å². The Morgan fingerprint density at radius 2 is 2.25 bits per heavy atom. The maximum Gasteiger partial charge on any atom is 0.292 e. The molecule has 0 aliphatic carbocycles. The third kappa shape index (κ3) is 1.79. The van der Waals surface area contributed by atoms with Gasteiger partial charge in [-0.2, -0.15) is 0 Å². The van der Waals surface area contributed by atoms with E-state index in [1.807, 2.05) is 24.3 Å². The van der Waals surface area contributed by atoms with Gasteiger partial charge in [0.05, 0.1) is 30.5 Å². The van der Waals surface area contributed by atoms with Gasteiger partial charge in [-0.3, -0.25) is 4.79 Å². The summed E-state index contributed by atoms with van der Waals surface area (Å²) < 4.78 is 11.0. The molecule has 0 unspecified atom stereocenters. The fraction of sp³-hybridized carbons (Fsp3) is 0.125. The van der Waals surface area contributed by atoms with E-state index in [2.05, 4.69) is 19.9 Å². The SMILES string of the molecule is O=C(c1cnco1)N1Cc2[nH]cnc2[C@H]1c1nc2ccccc2o1. The van der Waals surface area contributed by atoms with Crippen molar-refractivity contribution in [1.29, 1.82) is 0 Å². The molecule has 5 rings (SSSR count). The van der Waals surface area contributed by atoms with Gasteiger partial charge in [-0.05, 0) is 12.1 Å². The molecule has 1 atom stereocenters. The lowest BCUT2D eigenvalue weighted by atomic mass is 10.2. The van der Waals surface area contributed by atoms with Crippen molar-refractivity contribution in [2.75, 3.05) is 0 Å². The molecular weight excluding hydrogens is 310 g/mol. The van der Waals surface area contributed by atoms with E-state index < -0.39 is 6.04 Å². The second kappa shape index (κ2) is 4.79. The Labute approximate surface area is 135 Å². The van der Waals surface area contributed by atoms with Gasteiger partial charge in [0.1, 0.15) is 5.52 Å². The van der Waals surface area contributed by atoms with Crippen molar-refractivity contribution in [3.05, 3.63) is 66.2 Å². The fourth-order valence-electron chi connectivity index (χ4n) is 3.01. The van der Waals surface area contributed by atoms with E-state index in [-0.39, 0.29) is 11.7 Å². The molecule has 1 aromatic carbocycles. The minimum Gasteiger partial charge on any atom is -0.438 e. The number of fused-ring (bicyclic) bond motifs is 2. The first kappa shape index (κ1) is 13.1. The van der Waals surface area contributed by atoms with Gasteiger partial charge in [-0.25, -0.2) is 15.0 Å². The van der Waals surface area contributed by atoms with Gasteiger partial charge < -0.3 is 18.7 Å². The lowest BCUT2D eigenvalue weighted by Gasteiger charge is -2.20. The number of amides is 1. The Balaban J connectivity index is 1.63. The van der Waals surface area contributed by atoms with Gasteiger partial charge in [-0.1, -0.05) is 12.1 Å². The number of nitrogens with zero attached hydrogens (tertiary/aromatic N) is 4. The lowest BCUT2D eigenvalue weighted by molar-refractivity contribution is 0.0664. The number of aromatic amines is 1. The van der Waals surface area contributed by atoms with E-state index >= 15 is 0 Å². The first-order valence-electron chi connectivity index (χ1n) is 7.38. The number of hydrogen-bond donors (Lipinski definition) is 1. The molecule has 0 bridgehead atoms. The van der Waals surface area contributed by atoms with E-state index in [0.29, 0.717) is 18.0 Å². The first-order chi connectivity index (χ1) is 11.8. The maximum absolute atomic E-state index is 12.8. The van der Waals surface area contributed by atoms with Crippen LogP contribution in [0.2, 0.25) is 0 Å². The minimum absolute atomic E-state index is 0.168. The van der Waals surface area contributed by atoms with Crippen molar-refractivity contribution < 1.29 is 13.6 Å². The number of carbonyl (C=O) groups is 1. The predicted molar refractivity (Wildman–Crippen MR) is 80.8 cm³/mol. The quantitative estimate of drug-likeness (QED) is 0.608. The van der Waals surface area contributed by atoms with Gasteiger partial charge in [0.15, 0.2) is 18.0 Å². The summed E-state index contributed by atoms with van der Waals surface area (Å²) in [6.45, 7) is 0.373. The Morgan fingerprint density at radius 3 is 3.08 bits per heavy atom. The summed E-state index contributed by atoms with van der Waals surface area (Å²) in [5.74, 6) is 0.308. The number of rotatable bonds is 2. The van der Waals surface area contributed by atoms with Crippen LogP contribution in [0.5, 0.6) is 0 Å². The summed E-state index contributed by atoms with van der Waals surface area (Å²) in [5, 5.41) is 0. The average Bonchev–Trinajstić information content (AvgIpc) is 3.34. The molecule has 3 aromatic heterocycles. The fourth-order valence-corrected chi connectivity index (χ4v) is 3.01. The summed E-state index contributed by atoms with van der Waals surface area (Å²) in [4.78, 5) is 30.1. The van der Waals surface area contributed by atoms with Crippen molar-refractivity contribution in [3.63, 3.8) is 0 Å². The molecule has 8 nitrogen and oxygen atoms in total. The number of H-pyrrole nitrogens is 1. The minimum atomic E-state index is -0.503. The number of nitrogens with one attached hydrogen (secondary N) is 1. The largest absolute Gasteiger partial charge is 0.438 e. The zero-order valence-electron chi connectivity index (χ0n) is 12.3. The van der Waals surface area contributed by atoms with Crippen LogP contribution >= 0.6 is 0 Å². The first-order valence-corrected chi connectivity index (χ1v) is 7.38. The standard InChI is InChI=1S/C16H11N5O3/c22-16(12-5-17-8-23-12)21-6-10-13(19-7-18-10)14(21)15-20-9-3-1-2-4-11(9)24-15/h1-5,7-8,14H,6H2,(H,18,19)/t14-/m0/s1. The van der Waals surface area contributed by atoms with Crippen molar-refractivity contribution in [3.8, 4) is 0 Å². The van der Waals surface area contributed by atoms with Gasteiger partial charge in [0, 0.05) is 0 Å². The van der Waals surface area contributed by atoms with E-state index in [9.17, 15) is 4.79 Å². The van der Waals surface area contributed by atoms with Gasteiger partial charge in [-0.15, -0.1) is 0 Å². The van der Waals surface area contributed by atoms with Crippen LogP contribution in [0.4, 0.5) is 0 Å². The molecule has 1 N–H and O–H groups in total. The molecule has 118 valence electrons. The molecule has 0 spiro atoms. The monoisotopic (exact) mass is 321 g/mol. The van der Waals surface area contributed by atoms with Gasteiger partial charge >= 0.3 is 0 Å². The Kier molecular flexibility index (Phi) is 2.60. The number of benzene rings is 1. The zero-order chi connectivity index (χ0) is 16.1. The molecule has 24 heavy (non-hydrogen) atoms. The normalized spacial score (nSPS) is 16.7. The summed E-state index contributed by atoms with van der Waals surface area (Å²) >= 11 is 0. The predicted octanol–water partition coefficient (Wildman–Crippen LogP) is 2.28. The Morgan fingerprint density at radius 1 is 1.33 bits per heavy atom. The summed E-state index contributed by atoms with van der Waals surface area (Å²) in [5.41, 5.74) is 3.00. The molecule has 8 heteroatoms. The Hall–Kier alpha value is -3.42. The smallest absolute Gasteiger partial charge is 0.292 e. The van der Waals surface area contributed by atoms with Gasteiger partial charge in [0.25, 0.3) is 5.91 Å². The molecular formula is C16H11N5O3. The molecule has 0 saturated carbocycles. The van der Waals surface area contributed by atoms with Crippen LogP contribution in [0.15, 0.2) is 52.0 Å². The molecule has 1 aliphatic heterocycles. The number of hydrogen-bond acceptors (Lipinski definition) is 6. The van der Waals surface area contributed by atoms with Crippen LogP contribution < -0.4 is 0 Å². The second-order valence-corrected chi connectivity index (χ2v) is 5.49. The number of carbonyl (C=O) groups excluding carboxylic acids is 1.